The fourth-order valence-corrected chi connectivity index (χ4v) is 2.74. The van der Waals surface area contributed by atoms with Crippen molar-refractivity contribution in [2.75, 3.05) is 23.9 Å². The van der Waals surface area contributed by atoms with E-state index in [0.29, 0.717) is 22.3 Å². The van der Waals surface area contributed by atoms with Crippen LogP contribution in [-0.4, -0.2) is 41.5 Å². The van der Waals surface area contributed by atoms with E-state index in [0.717, 1.165) is 0 Å². The summed E-state index contributed by atoms with van der Waals surface area (Å²) in [5, 5.41) is 13.5. The molecule has 0 aliphatic heterocycles. The number of carbonyl (C=O) groups excluding carboxylic acids is 2. The molecule has 0 spiro atoms. The summed E-state index contributed by atoms with van der Waals surface area (Å²) in [6, 6.07) is 6.55. The molecule has 9 heteroatoms. The number of likely N-dealkylation sites (N-methyl/N-ethyl adjacent to an activating group) is 1. The normalized spacial score (nSPS) is 10.5. The molecular formula is C18H21N3O5S. The van der Waals surface area contributed by atoms with Crippen molar-refractivity contribution in [1.29, 1.82) is 0 Å². The van der Waals surface area contributed by atoms with Crippen LogP contribution in [0.1, 0.15) is 19.5 Å². The third-order valence-electron chi connectivity index (χ3n) is 3.60. The molecule has 0 saturated heterocycles. The summed E-state index contributed by atoms with van der Waals surface area (Å²) >= 11 is 1.28. The number of carboxylic acid groups (broad SMARTS) is 1. The topological polar surface area (TPSA) is 109 Å². The zero-order chi connectivity index (χ0) is 20.0. The van der Waals surface area contributed by atoms with Gasteiger partial charge in [-0.15, -0.1) is 11.3 Å². The molecule has 0 saturated carbocycles. The van der Waals surface area contributed by atoms with Crippen molar-refractivity contribution >= 4 is 39.9 Å². The molecule has 0 aliphatic rings. The second-order valence-corrected chi connectivity index (χ2v) is 6.95. The number of nitrogens with one attached hydrogen (secondary N) is 1. The lowest BCUT2D eigenvalue weighted by Crippen LogP contribution is -2.28. The summed E-state index contributed by atoms with van der Waals surface area (Å²) in [4.78, 5) is 40.4. The van der Waals surface area contributed by atoms with Crippen molar-refractivity contribution in [2.24, 2.45) is 5.92 Å². The Morgan fingerprint density at radius 1 is 1.26 bits per heavy atom. The number of carbonyl (C=O) groups is 3. The number of rotatable bonds is 8. The first-order valence-electron chi connectivity index (χ1n) is 8.22. The number of hydrogen-bond acceptors (Lipinski definition) is 6. The van der Waals surface area contributed by atoms with Crippen LogP contribution in [0.3, 0.4) is 0 Å². The number of anilines is 2. The molecular weight excluding hydrogens is 370 g/mol. The van der Waals surface area contributed by atoms with E-state index in [1.807, 2.05) is 0 Å². The second-order valence-electron chi connectivity index (χ2n) is 6.09. The minimum absolute atomic E-state index is 0.0990. The van der Waals surface area contributed by atoms with Crippen molar-refractivity contribution < 1.29 is 24.2 Å². The molecule has 144 valence electrons. The first-order valence-corrected chi connectivity index (χ1v) is 9.10. The zero-order valence-corrected chi connectivity index (χ0v) is 16.1. The van der Waals surface area contributed by atoms with E-state index in [-0.39, 0.29) is 24.2 Å². The molecule has 0 unspecified atom stereocenters. The van der Waals surface area contributed by atoms with E-state index in [2.05, 4.69) is 10.3 Å². The SMILES string of the molecule is CC(C)C(=O)Nc1nc(CC(=O)N(C)c2ccc(OCC(=O)O)cc2)cs1. The van der Waals surface area contributed by atoms with Gasteiger partial charge in [0.05, 0.1) is 12.1 Å². The van der Waals surface area contributed by atoms with Crippen LogP contribution in [-0.2, 0) is 20.8 Å². The lowest BCUT2D eigenvalue weighted by molar-refractivity contribution is -0.139. The van der Waals surface area contributed by atoms with Gasteiger partial charge in [0.25, 0.3) is 0 Å². The molecule has 2 N–H and O–H groups in total. The number of aromatic nitrogens is 1. The quantitative estimate of drug-likeness (QED) is 0.715. The summed E-state index contributed by atoms with van der Waals surface area (Å²) < 4.78 is 5.06. The molecule has 1 aromatic heterocycles. The van der Waals surface area contributed by atoms with Crippen LogP contribution in [0.2, 0.25) is 0 Å². The van der Waals surface area contributed by atoms with E-state index >= 15 is 0 Å². The van der Waals surface area contributed by atoms with Crippen molar-refractivity contribution in [3.63, 3.8) is 0 Å². The van der Waals surface area contributed by atoms with Gasteiger partial charge in [0, 0.05) is 24.0 Å². The predicted molar refractivity (Wildman–Crippen MR) is 102 cm³/mol. The molecule has 8 nitrogen and oxygen atoms in total. The van der Waals surface area contributed by atoms with E-state index in [1.165, 1.54) is 16.2 Å². The average molecular weight is 391 g/mol. The van der Waals surface area contributed by atoms with Crippen molar-refractivity contribution in [3.8, 4) is 5.75 Å². The first-order chi connectivity index (χ1) is 12.8. The molecule has 0 atom stereocenters. The Morgan fingerprint density at radius 2 is 1.93 bits per heavy atom. The van der Waals surface area contributed by atoms with Gasteiger partial charge in [0.2, 0.25) is 11.8 Å². The monoisotopic (exact) mass is 391 g/mol. The number of aliphatic carboxylic acids is 1. The number of amides is 2. The Hall–Kier alpha value is -2.94. The summed E-state index contributed by atoms with van der Waals surface area (Å²) in [6.45, 7) is 3.16. The van der Waals surface area contributed by atoms with Crippen molar-refractivity contribution in [2.45, 2.75) is 20.3 Å². The highest BCUT2D eigenvalue weighted by atomic mass is 32.1. The van der Waals surface area contributed by atoms with Gasteiger partial charge < -0.3 is 20.1 Å². The molecule has 2 rings (SSSR count). The fraction of sp³-hybridized carbons (Fsp3) is 0.333. The maximum absolute atomic E-state index is 12.4. The Labute approximate surface area is 160 Å². The summed E-state index contributed by atoms with van der Waals surface area (Å²) in [5.41, 5.74) is 1.23. The zero-order valence-electron chi connectivity index (χ0n) is 15.3. The van der Waals surface area contributed by atoms with Crippen LogP contribution in [0.4, 0.5) is 10.8 Å². The Bertz CT molecular complexity index is 817. The molecule has 2 amide bonds. The van der Waals surface area contributed by atoms with Crippen LogP contribution in [0.5, 0.6) is 5.75 Å². The summed E-state index contributed by atoms with van der Waals surface area (Å²) in [6.07, 6.45) is 0.0990. The van der Waals surface area contributed by atoms with Gasteiger partial charge in [-0.05, 0) is 24.3 Å². The van der Waals surface area contributed by atoms with Gasteiger partial charge in [-0.25, -0.2) is 9.78 Å². The molecule has 2 aromatic rings. The van der Waals surface area contributed by atoms with Gasteiger partial charge in [-0.3, -0.25) is 9.59 Å². The number of thiazole rings is 1. The van der Waals surface area contributed by atoms with Crippen LogP contribution in [0, 0.1) is 5.92 Å². The molecule has 27 heavy (non-hydrogen) atoms. The largest absolute Gasteiger partial charge is 0.482 e. The maximum atomic E-state index is 12.4. The average Bonchev–Trinajstić information content (AvgIpc) is 3.06. The predicted octanol–water partition coefficient (Wildman–Crippen LogP) is 2.41. The summed E-state index contributed by atoms with van der Waals surface area (Å²) in [5.74, 6) is -1.08. The highest BCUT2D eigenvalue weighted by Crippen LogP contribution is 2.21. The Balaban J connectivity index is 1.94. The lowest BCUT2D eigenvalue weighted by Gasteiger charge is -2.17. The molecule has 0 radical (unpaired) electrons. The van der Waals surface area contributed by atoms with Gasteiger partial charge in [-0.2, -0.15) is 0 Å². The second kappa shape index (κ2) is 9.13. The van der Waals surface area contributed by atoms with E-state index in [1.54, 1.807) is 50.5 Å². The lowest BCUT2D eigenvalue weighted by atomic mass is 10.2. The molecule has 0 aliphatic carbocycles. The first kappa shape index (κ1) is 20.4. The Kier molecular flexibility index (Phi) is 6.89. The van der Waals surface area contributed by atoms with Gasteiger partial charge in [0.15, 0.2) is 11.7 Å². The van der Waals surface area contributed by atoms with Gasteiger partial charge in [-0.1, -0.05) is 13.8 Å². The molecule has 1 aromatic carbocycles. The van der Waals surface area contributed by atoms with E-state index in [9.17, 15) is 14.4 Å². The van der Waals surface area contributed by atoms with Crippen molar-refractivity contribution in [3.05, 3.63) is 35.3 Å². The molecule has 1 heterocycles. The number of ether oxygens (including phenoxy) is 1. The van der Waals surface area contributed by atoms with Crippen molar-refractivity contribution in [1.82, 2.24) is 4.98 Å². The highest BCUT2D eigenvalue weighted by molar-refractivity contribution is 7.13. The third kappa shape index (κ3) is 6.07. The van der Waals surface area contributed by atoms with Crippen LogP contribution in [0.25, 0.3) is 0 Å². The summed E-state index contributed by atoms with van der Waals surface area (Å²) in [7, 11) is 1.64. The Morgan fingerprint density at radius 3 is 2.52 bits per heavy atom. The van der Waals surface area contributed by atoms with Crippen LogP contribution >= 0.6 is 11.3 Å². The van der Waals surface area contributed by atoms with E-state index < -0.39 is 12.6 Å². The van der Waals surface area contributed by atoms with Gasteiger partial charge >= 0.3 is 5.97 Å². The highest BCUT2D eigenvalue weighted by Gasteiger charge is 2.15. The fourth-order valence-electron chi connectivity index (χ4n) is 2.02. The number of benzene rings is 1. The number of hydrogen-bond donors (Lipinski definition) is 2. The van der Waals surface area contributed by atoms with E-state index in [4.69, 9.17) is 9.84 Å². The number of nitrogens with zero attached hydrogens (tertiary/aromatic N) is 2. The van der Waals surface area contributed by atoms with Gasteiger partial charge in [0.1, 0.15) is 5.75 Å². The third-order valence-corrected chi connectivity index (χ3v) is 4.41. The van der Waals surface area contributed by atoms with Crippen LogP contribution < -0.4 is 15.0 Å². The molecule has 0 bridgehead atoms. The standard InChI is InChI=1S/C18H21N3O5S/c1-11(2)17(25)20-18-19-12(10-27-18)8-15(22)21(3)13-4-6-14(7-5-13)26-9-16(23)24/h4-7,10-11H,8-9H2,1-3H3,(H,23,24)(H,19,20,25). The maximum Gasteiger partial charge on any atom is 0.341 e. The minimum atomic E-state index is -1.06. The van der Waals surface area contributed by atoms with Crippen LogP contribution in [0.15, 0.2) is 29.6 Å². The molecule has 0 fully saturated rings. The number of carboxylic acids is 1. The smallest absolute Gasteiger partial charge is 0.341 e. The minimum Gasteiger partial charge on any atom is -0.482 e.